The van der Waals surface area contributed by atoms with Crippen LogP contribution in [0.15, 0.2) is 35.1 Å². The third-order valence-corrected chi connectivity index (χ3v) is 7.95. The standard InChI is InChI=1S/C27H38O8/c1-13(2)33-21-9-17-12-27(8,22(11-19(17)30)35-16(5)29)25(32)24(31)23-14(3)20(34-15(4)28)10-18(21)26(23,6)7/h9,18-22,25,30,32H,1,10-12H2,2-8H3. The molecule has 8 nitrogen and oxygen atoms in total. The van der Waals surface area contributed by atoms with Crippen molar-refractivity contribution in [2.75, 3.05) is 0 Å². The summed E-state index contributed by atoms with van der Waals surface area (Å²) < 4.78 is 17.3. The van der Waals surface area contributed by atoms with Crippen LogP contribution in [0.3, 0.4) is 0 Å². The fourth-order valence-electron chi connectivity index (χ4n) is 6.18. The average molecular weight is 491 g/mol. The Kier molecular flexibility index (Phi) is 7.40. The van der Waals surface area contributed by atoms with Crippen molar-refractivity contribution < 1.29 is 38.8 Å². The van der Waals surface area contributed by atoms with Gasteiger partial charge in [-0.1, -0.05) is 27.4 Å². The number of aliphatic hydroxyl groups excluding tert-OH is 2. The second-order valence-corrected chi connectivity index (χ2v) is 11.0. The average Bonchev–Trinajstić information content (AvgIpc) is 2.70. The molecule has 3 aliphatic rings. The highest BCUT2D eigenvalue weighted by Gasteiger charge is 2.56. The predicted molar refractivity (Wildman–Crippen MR) is 128 cm³/mol. The van der Waals surface area contributed by atoms with E-state index in [4.69, 9.17) is 14.2 Å². The highest BCUT2D eigenvalue weighted by atomic mass is 16.5. The normalized spacial score (nSPS) is 36.6. The number of hydrogen-bond acceptors (Lipinski definition) is 8. The molecule has 0 saturated heterocycles. The molecule has 0 spiro atoms. The van der Waals surface area contributed by atoms with Crippen molar-refractivity contribution in [3.05, 3.63) is 35.1 Å². The molecule has 8 heteroatoms. The van der Waals surface area contributed by atoms with Crippen molar-refractivity contribution in [2.24, 2.45) is 16.7 Å². The summed E-state index contributed by atoms with van der Waals surface area (Å²) in [5, 5.41) is 22.5. The fraction of sp³-hybridized carbons (Fsp3) is 0.667. The number of hydrogen-bond donors (Lipinski definition) is 2. The molecule has 0 radical (unpaired) electrons. The minimum absolute atomic E-state index is 0.0498. The molecule has 1 fully saturated rings. The van der Waals surface area contributed by atoms with Gasteiger partial charge in [-0.3, -0.25) is 14.4 Å². The monoisotopic (exact) mass is 490 g/mol. The van der Waals surface area contributed by atoms with Crippen LogP contribution in [-0.2, 0) is 28.6 Å². The molecule has 1 saturated carbocycles. The van der Waals surface area contributed by atoms with Gasteiger partial charge < -0.3 is 24.4 Å². The Bertz CT molecular complexity index is 989. The predicted octanol–water partition coefficient (Wildman–Crippen LogP) is 3.16. The van der Waals surface area contributed by atoms with Gasteiger partial charge in [0.1, 0.15) is 24.4 Å². The van der Waals surface area contributed by atoms with Gasteiger partial charge in [0.05, 0.1) is 11.9 Å². The Morgan fingerprint density at radius 3 is 2.17 bits per heavy atom. The van der Waals surface area contributed by atoms with Crippen LogP contribution in [0.5, 0.6) is 0 Å². The van der Waals surface area contributed by atoms with Gasteiger partial charge in [0, 0.05) is 42.6 Å². The maximum absolute atomic E-state index is 14.0. The van der Waals surface area contributed by atoms with Crippen LogP contribution in [0, 0.1) is 16.7 Å². The molecule has 4 bridgehead atoms. The lowest BCUT2D eigenvalue weighted by Gasteiger charge is -2.51. The maximum atomic E-state index is 14.0. The first-order chi connectivity index (χ1) is 16.1. The van der Waals surface area contributed by atoms with E-state index in [2.05, 4.69) is 6.58 Å². The van der Waals surface area contributed by atoms with Gasteiger partial charge in [0.15, 0.2) is 5.78 Å². The Balaban J connectivity index is 2.29. The third kappa shape index (κ3) is 4.96. The molecule has 3 aliphatic carbocycles. The number of ketones is 1. The minimum Gasteiger partial charge on any atom is -0.491 e. The summed E-state index contributed by atoms with van der Waals surface area (Å²) in [6, 6.07) is 0. The molecule has 0 amide bonds. The van der Waals surface area contributed by atoms with Crippen LogP contribution in [0.1, 0.15) is 67.7 Å². The molecular weight excluding hydrogens is 452 g/mol. The van der Waals surface area contributed by atoms with Crippen molar-refractivity contribution in [3.63, 3.8) is 0 Å². The summed E-state index contributed by atoms with van der Waals surface area (Å²) in [4.78, 5) is 37.8. The molecular formula is C27H38O8. The van der Waals surface area contributed by atoms with Crippen LogP contribution >= 0.6 is 0 Å². The van der Waals surface area contributed by atoms with E-state index in [-0.39, 0.29) is 18.8 Å². The molecule has 0 aromatic carbocycles. The maximum Gasteiger partial charge on any atom is 0.303 e. The van der Waals surface area contributed by atoms with E-state index in [1.54, 1.807) is 20.8 Å². The van der Waals surface area contributed by atoms with Crippen molar-refractivity contribution >= 4 is 17.7 Å². The number of Topliss-reactive ketones (excluding diaryl/α,β-unsaturated/α-hetero) is 1. The molecule has 2 N–H and O–H groups in total. The number of fused-ring (bicyclic) bond motifs is 4. The lowest BCUT2D eigenvalue weighted by atomic mass is 9.57. The van der Waals surface area contributed by atoms with E-state index >= 15 is 0 Å². The van der Waals surface area contributed by atoms with Crippen LogP contribution in [0.25, 0.3) is 0 Å². The van der Waals surface area contributed by atoms with E-state index < -0.39 is 59.1 Å². The summed E-state index contributed by atoms with van der Waals surface area (Å²) in [7, 11) is 0. The topological polar surface area (TPSA) is 119 Å². The van der Waals surface area contributed by atoms with Crippen molar-refractivity contribution in [3.8, 4) is 0 Å². The van der Waals surface area contributed by atoms with Crippen molar-refractivity contribution in [1.29, 1.82) is 0 Å². The van der Waals surface area contributed by atoms with E-state index in [0.29, 0.717) is 28.9 Å². The first-order valence-electron chi connectivity index (χ1n) is 12.1. The number of aliphatic hydroxyl groups is 2. The number of esters is 2. The number of ether oxygens (including phenoxy) is 3. The smallest absolute Gasteiger partial charge is 0.303 e. The number of allylic oxidation sites excluding steroid dienone is 1. The van der Waals surface area contributed by atoms with Crippen LogP contribution in [-0.4, -0.2) is 58.5 Å². The number of carbonyl (C=O) groups is 3. The molecule has 7 atom stereocenters. The van der Waals surface area contributed by atoms with Gasteiger partial charge in [-0.15, -0.1) is 0 Å². The van der Waals surface area contributed by atoms with E-state index in [0.717, 1.165) is 0 Å². The largest absolute Gasteiger partial charge is 0.491 e. The Hall–Kier alpha value is -2.45. The highest BCUT2D eigenvalue weighted by molar-refractivity contribution is 6.01. The first kappa shape index (κ1) is 27.1. The second-order valence-electron chi connectivity index (χ2n) is 11.0. The zero-order valence-corrected chi connectivity index (χ0v) is 21.7. The fourth-order valence-corrected chi connectivity index (χ4v) is 6.18. The summed E-state index contributed by atoms with van der Waals surface area (Å²) in [5.74, 6) is -1.39. The highest BCUT2D eigenvalue weighted by Crippen LogP contribution is 2.53. The quantitative estimate of drug-likeness (QED) is 0.350. The molecule has 0 aromatic rings. The lowest BCUT2D eigenvalue weighted by Crippen LogP contribution is -2.56. The first-order valence-corrected chi connectivity index (χ1v) is 12.1. The van der Waals surface area contributed by atoms with Crippen molar-refractivity contribution in [2.45, 2.75) is 98.2 Å². The van der Waals surface area contributed by atoms with Crippen LogP contribution in [0.2, 0.25) is 0 Å². The van der Waals surface area contributed by atoms with Gasteiger partial charge in [0.25, 0.3) is 0 Å². The van der Waals surface area contributed by atoms with E-state index in [9.17, 15) is 24.6 Å². The summed E-state index contributed by atoms with van der Waals surface area (Å²) in [6.07, 6.45) is -2.15. The second kappa shape index (κ2) is 9.54. The molecule has 7 unspecified atom stereocenters. The number of rotatable bonds is 4. The Labute approximate surface area is 207 Å². The van der Waals surface area contributed by atoms with E-state index in [1.165, 1.54) is 13.8 Å². The molecule has 35 heavy (non-hydrogen) atoms. The summed E-state index contributed by atoms with van der Waals surface area (Å²) >= 11 is 0. The minimum atomic E-state index is -1.51. The zero-order valence-electron chi connectivity index (χ0n) is 21.7. The number of carbonyl (C=O) groups excluding carboxylic acids is 3. The molecule has 0 heterocycles. The zero-order chi connectivity index (χ0) is 26.5. The molecule has 0 aliphatic heterocycles. The molecule has 0 aromatic heterocycles. The molecule has 3 rings (SSSR count). The van der Waals surface area contributed by atoms with Gasteiger partial charge in [-0.2, -0.15) is 0 Å². The van der Waals surface area contributed by atoms with Crippen molar-refractivity contribution in [1.82, 2.24) is 0 Å². The Morgan fingerprint density at radius 1 is 1.03 bits per heavy atom. The van der Waals surface area contributed by atoms with Crippen LogP contribution < -0.4 is 0 Å². The summed E-state index contributed by atoms with van der Waals surface area (Å²) in [6.45, 7) is 15.5. The Morgan fingerprint density at radius 2 is 1.63 bits per heavy atom. The van der Waals surface area contributed by atoms with E-state index in [1.807, 2.05) is 19.9 Å². The third-order valence-electron chi connectivity index (χ3n) is 7.95. The van der Waals surface area contributed by atoms with Gasteiger partial charge in [-0.25, -0.2) is 0 Å². The summed E-state index contributed by atoms with van der Waals surface area (Å²) in [5.41, 5.74) is -0.392. The molecule has 194 valence electrons. The van der Waals surface area contributed by atoms with Gasteiger partial charge in [-0.05, 0) is 43.9 Å². The van der Waals surface area contributed by atoms with Crippen LogP contribution in [0.4, 0.5) is 0 Å². The SMILES string of the molecule is C=C(C)OC1C=C2CC(C)(C(OC(C)=O)CC2O)C(O)C(=O)C2=C(C)C(OC(C)=O)CC1C2(C)C. The van der Waals surface area contributed by atoms with Gasteiger partial charge in [0.2, 0.25) is 0 Å². The van der Waals surface area contributed by atoms with Gasteiger partial charge >= 0.3 is 11.9 Å². The lowest BCUT2D eigenvalue weighted by molar-refractivity contribution is -0.170.